The van der Waals surface area contributed by atoms with Crippen molar-refractivity contribution >= 4 is 56.0 Å². The molecule has 0 unspecified atom stereocenters. The molecule has 4 nitrogen and oxygen atoms in total. The van der Waals surface area contributed by atoms with Gasteiger partial charge in [-0.3, -0.25) is 9.69 Å². The number of carbonyl (C=O) groups excluding carboxylic acids is 1. The van der Waals surface area contributed by atoms with Crippen LogP contribution in [-0.2, 0) is 0 Å². The van der Waals surface area contributed by atoms with Gasteiger partial charge in [0, 0.05) is 28.6 Å². The summed E-state index contributed by atoms with van der Waals surface area (Å²) in [4.78, 5) is 23.1. The van der Waals surface area contributed by atoms with Crippen molar-refractivity contribution in [3.8, 4) is 0 Å². The van der Waals surface area contributed by atoms with Gasteiger partial charge in [-0.15, -0.1) is 11.8 Å². The van der Waals surface area contributed by atoms with Gasteiger partial charge in [-0.2, -0.15) is 0 Å². The topological polar surface area (TPSA) is 36.4 Å². The second-order valence-electron chi connectivity index (χ2n) is 6.79. The lowest BCUT2D eigenvalue weighted by Crippen LogP contribution is -2.36. The molecule has 0 N–H and O–H groups in total. The third-order valence-electron chi connectivity index (χ3n) is 4.28. The average Bonchev–Trinajstić information content (AvgIpc) is 3.06. The van der Waals surface area contributed by atoms with Crippen LogP contribution in [-0.4, -0.2) is 48.7 Å². The molecule has 0 saturated carbocycles. The second kappa shape index (κ2) is 9.27. The second-order valence-corrected chi connectivity index (χ2v) is 9.57. The Kier molecular flexibility index (Phi) is 6.99. The normalized spacial score (nSPS) is 11.4. The number of rotatable bonds is 7. The zero-order chi connectivity index (χ0) is 20.3. The Morgan fingerprint density at radius 2 is 2.00 bits per heavy atom. The molecule has 0 atom stereocenters. The molecule has 0 spiro atoms. The molecule has 148 valence electrons. The first kappa shape index (κ1) is 21.1. The summed E-state index contributed by atoms with van der Waals surface area (Å²) in [6.45, 7) is 5.43. The first-order chi connectivity index (χ1) is 13.4. The number of hydrogen-bond acceptors (Lipinski definition) is 5. The Balaban J connectivity index is 2.00. The first-order valence-corrected chi connectivity index (χ1v) is 11.3. The van der Waals surface area contributed by atoms with Crippen LogP contribution in [0.5, 0.6) is 0 Å². The van der Waals surface area contributed by atoms with Crippen molar-refractivity contribution in [2.24, 2.45) is 0 Å². The predicted octanol–water partition coefficient (Wildman–Crippen LogP) is 5.58. The van der Waals surface area contributed by atoms with E-state index < -0.39 is 0 Å². The molecule has 1 heterocycles. The standard InChI is InChI=1S/C21H24ClN3OS2/c1-5-27-17-8-6-7-15(12-17)20(26)25(10-9-24(3)4)21-23-19-14(2)11-16(22)13-18(19)28-21/h6-8,11-13H,5,9-10H2,1-4H3. The number of thioether (sulfide) groups is 1. The van der Waals surface area contributed by atoms with Crippen LogP contribution in [0.4, 0.5) is 5.13 Å². The molecule has 0 radical (unpaired) electrons. The molecule has 7 heteroatoms. The van der Waals surface area contributed by atoms with E-state index in [0.717, 1.165) is 33.0 Å². The van der Waals surface area contributed by atoms with Crippen molar-refractivity contribution < 1.29 is 4.79 Å². The largest absolute Gasteiger partial charge is 0.308 e. The van der Waals surface area contributed by atoms with Gasteiger partial charge in [0.1, 0.15) is 0 Å². The van der Waals surface area contributed by atoms with Crippen LogP contribution < -0.4 is 4.90 Å². The molecule has 0 saturated heterocycles. The van der Waals surface area contributed by atoms with E-state index >= 15 is 0 Å². The highest BCUT2D eigenvalue weighted by atomic mass is 35.5. The molecule has 0 aliphatic rings. The van der Waals surface area contributed by atoms with Gasteiger partial charge in [-0.25, -0.2) is 4.98 Å². The molecule has 2 aromatic carbocycles. The van der Waals surface area contributed by atoms with E-state index in [1.807, 2.05) is 57.4 Å². The number of amides is 1. The quantitative estimate of drug-likeness (QED) is 0.456. The zero-order valence-electron chi connectivity index (χ0n) is 16.5. The molecule has 1 aromatic heterocycles. The number of fused-ring (bicyclic) bond motifs is 1. The summed E-state index contributed by atoms with van der Waals surface area (Å²) in [7, 11) is 4.01. The Bertz CT molecular complexity index is 987. The highest BCUT2D eigenvalue weighted by Gasteiger charge is 2.22. The van der Waals surface area contributed by atoms with Crippen LogP contribution in [0.15, 0.2) is 41.3 Å². The van der Waals surface area contributed by atoms with Crippen LogP contribution in [0, 0.1) is 6.92 Å². The molecular formula is C21H24ClN3OS2. The number of anilines is 1. The SMILES string of the molecule is CCSc1cccc(C(=O)N(CCN(C)C)c2nc3c(C)cc(Cl)cc3s2)c1. The van der Waals surface area contributed by atoms with E-state index in [2.05, 4.69) is 11.8 Å². The van der Waals surface area contributed by atoms with Crippen LogP contribution in [0.1, 0.15) is 22.8 Å². The number of aryl methyl sites for hydroxylation is 1. The monoisotopic (exact) mass is 433 g/mol. The Morgan fingerprint density at radius 3 is 2.71 bits per heavy atom. The van der Waals surface area contributed by atoms with Gasteiger partial charge in [0.15, 0.2) is 5.13 Å². The van der Waals surface area contributed by atoms with Gasteiger partial charge in [-0.1, -0.05) is 35.9 Å². The minimum absolute atomic E-state index is 0.0248. The summed E-state index contributed by atoms with van der Waals surface area (Å²) in [6.07, 6.45) is 0. The summed E-state index contributed by atoms with van der Waals surface area (Å²) >= 11 is 9.45. The zero-order valence-corrected chi connectivity index (χ0v) is 18.9. The van der Waals surface area contributed by atoms with Crippen molar-refractivity contribution in [3.63, 3.8) is 0 Å². The summed E-state index contributed by atoms with van der Waals surface area (Å²) in [5.41, 5.74) is 2.61. The molecule has 0 fully saturated rings. The lowest BCUT2D eigenvalue weighted by molar-refractivity contribution is 0.0985. The molecule has 3 rings (SSSR count). The number of benzene rings is 2. The predicted molar refractivity (Wildman–Crippen MR) is 122 cm³/mol. The van der Waals surface area contributed by atoms with E-state index in [-0.39, 0.29) is 5.91 Å². The van der Waals surface area contributed by atoms with Gasteiger partial charge in [0.05, 0.1) is 10.2 Å². The first-order valence-electron chi connectivity index (χ1n) is 9.15. The Labute approximate surface area is 179 Å². The van der Waals surface area contributed by atoms with E-state index in [4.69, 9.17) is 16.6 Å². The minimum atomic E-state index is -0.0248. The maximum absolute atomic E-state index is 13.4. The lowest BCUT2D eigenvalue weighted by atomic mass is 10.2. The fourth-order valence-electron chi connectivity index (χ4n) is 2.88. The number of hydrogen-bond donors (Lipinski definition) is 0. The molecular weight excluding hydrogens is 410 g/mol. The van der Waals surface area contributed by atoms with Crippen molar-refractivity contribution in [3.05, 3.63) is 52.5 Å². The lowest BCUT2D eigenvalue weighted by Gasteiger charge is -2.22. The van der Waals surface area contributed by atoms with Gasteiger partial charge in [0.2, 0.25) is 0 Å². The summed E-state index contributed by atoms with van der Waals surface area (Å²) in [5.74, 6) is 0.947. The summed E-state index contributed by atoms with van der Waals surface area (Å²) in [6, 6.07) is 11.6. The Hall–Kier alpha value is -1.60. The van der Waals surface area contributed by atoms with E-state index in [1.165, 1.54) is 11.3 Å². The fraction of sp³-hybridized carbons (Fsp3) is 0.333. The third-order valence-corrected chi connectivity index (χ3v) is 6.40. The number of halogens is 1. The number of nitrogens with zero attached hydrogens (tertiary/aromatic N) is 3. The van der Waals surface area contributed by atoms with Crippen molar-refractivity contribution in [1.82, 2.24) is 9.88 Å². The number of thiazole rings is 1. The van der Waals surface area contributed by atoms with Crippen molar-refractivity contribution in [2.45, 2.75) is 18.7 Å². The Morgan fingerprint density at radius 1 is 1.21 bits per heavy atom. The van der Waals surface area contributed by atoms with Crippen molar-refractivity contribution in [1.29, 1.82) is 0 Å². The third kappa shape index (κ3) is 4.87. The van der Waals surface area contributed by atoms with Gasteiger partial charge >= 0.3 is 0 Å². The van der Waals surface area contributed by atoms with Gasteiger partial charge < -0.3 is 4.90 Å². The van der Waals surface area contributed by atoms with Crippen molar-refractivity contribution in [2.75, 3.05) is 37.8 Å². The molecule has 3 aromatic rings. The fourth-order valence-corrected chi connectivity index (χ4v) is 5.05. The minimum Gasteiger partial charge on any atom is -0.308 e. The molecule has 0 bridgehead atoms. The van der Waals surface area contributed by atoms with E-state index in [0.29, 0.717) is 22.3 Å². The molecule has 0 aliphatic carbocycles. The average molecular weight is 434 g/mol. The highest BCUT2D eigenvalue weighted by molar-refractivity contribution is 7.99. The number of carbonyl (C=O) groups is 1. The van der Waals surface area contributed by atoms with Gasteiger partial charge in [-0.05, 0) is 62.7 Å². The van der Waals surface area contributed by atoms with Crippen LogP contribution in [0.2, 0.25) is 5.02 Å². The highest BCUT2D eigenvalue weighted by Crippen LogP contribution is 2.33. The molecule has 28 heavy (non-hydrogen) atoms. The maximum Gasteiger partial charge on any atom is 0.260 e. The van der Waals surface area contributed by atoms with Crippen LogP contribution in [0.3, 0.4) is 0 Å². The summed E-state index contributed by atoms with van der Waals surface area (Å²) < 4.78 is 0.998. The number of aromatic nitrogens is 1. The summed E-state index contributed by atoms with van der Waals surface area (Å²) in [5, 5.41) is 1.40. The van der Waals surface area contributed by atoms with E-state index in [9.17, 15) is 4.79 Å². The number of likely N-dealkylation sites (N-methyl/N-ethyl adjacent to an activating group) is 1. The molecule has 0 aliphatic heterocycles. The van der Waals surface area contributed by atoms with Crippen LogP contribution in [0.25, 0.3) is 10.2 Å². The molecule has 1 amide bonds. The smallest absolute Gasteiger partial charge is 0.260 e. The maximum atomic E-state index is 13.4. The van der Waals surface area contributed by atoms with E-state index in [1.54, 1.807) is 16.7 Å². The van der Waals surface area contributed by atoms with Crippen LogP contribution >= 0.6 is 34.7 Å². The van der Waals surface area contributed by atoms with Gasteiger partial charge in [0.25, 0.3) is 5.91 Å².